The molecule has 0 fully saturated rings. The quantitative estimate of drug-likeness (QED) is 0.238. The fourth-order valence-corrected chi connectivity index (χ4v) is 5.42. The van der Waals surface area contributed by atoms with Crippen LogP contribution in [-0.4, -0.2) is 24.1 Å². The number of methoxy groups -OCH3 is 1. The number of benzene rings is 2. The minimum Gasteiger partial charge on any atom is -0.465 e. The fraction of sp³-hybridized carbons (Fsp3) is 0.222. The molecule has 1 atom stereocenters. The lowest BCUT2D eigenvalue weighted by atomic mass is 9.95. The van der Waals surface area contributed by atoms with Crippen molar-refractivity contribution >= 4 is 51.4 Å². The number of hydrogen-bond acceptors (Lipinski definition) is 6. The Morgan fingerprint density at radius 1 is 1.11 bits per heavy atom. The van der Waals surface area contributed by atoms with E-state index >= 15 is 0 Å². The maximum absolute atomic E-state index is 13.4. The van der Waals surface area contributed by atoms with Crippen LogP contribution in [0.3, 0.4) is 0 Å². The van der Waals surface area contributed by atoms with Gasteiger partial charge < -0.3 is 14.6 Å². The molecule has 2 aromatic carbocycles. The summed E-state index contributed by atoms with van der Waals surface area (Å²) in [4.78, 5) is 26.2. The SMILES string of the molecule is CC[C@@H](C)c1ccc(-c2csc(NC(=O)c3c(-c4c(Cl)cccc4Cl)noc3C)c2C(=O)OC)cc1. The van der Waals surface area contributed by atoms with E-state index in [1.54, 1.807) is 25.1 Å². The van der Waals surface area contributed by atoms with Crippen LogP contribution in [-0.2, 0) is 4.74 Å². The van der Waals surface area contributed by atoms with E-state index in [0.29, 0.717) is 32.1 Å². The Kier molecular flexibility index (Phi) is 7.83. The molecule has 4 aromatic rings. The number of nitrogens with zero attached hydrogens (tertiary/aromatic N) is 1. The van der Waals surface area contributed by atoms with Crippen LogP contribution in [0.15, 0.2) is 52.4 Å². The molecule has 2 aromatic heterocycles. The van der Waals surface area contributed by atoms with Gasteiger partial charge in [0.1, 0.15) is 27.6 Å². The van der Waals surface area contributed by atoms with Crippen LogP contribution in [0.2, 0.25) is 10.0 Å². The molecule has 2 heterocycles. The summed E-state index contributed by atoms with van der Waals surface area (Å²) < 4.78 is 10.4. The zero-order chi connectivity index (χ0) is 26.0. The maximum Gasteiger partial charge on any atom is 0.341 e. The van der Waals surface area contributed by atoms with Crippen LogP contribution < -0.4 is 5.32 Å². The molecule has 9 heteroatoms. The number of rotatable bonds is 7. The van der Waals surface area contributed by atoms with E-state index in [9.17, 15) is 9.59 Å². The van der Waals surface area contributed by atoms with Gasteiger partial charge in [0.05, 0.1) is 17.2 Å². The Morgan fingerprint density at radius 2 is 1.78 bits per heavy atom. The molecule has 0 aliphatic rings. The van der Waals surface area contributed by atoms with Gasteiger partial charge in [-0.3, -0.25) is 4.79 Å². The summed E-state index contributed by atoms with van der Waals surface area (Å²) in [5.41, 5.74) is 3.81. The number of anilines is 1. The zero-order valence-electron chi connectivity index (χ0n) is 20.1. The van der Waals surface area contributed by atoms with Gasteiger partial charge in [-0.1, -0.05) is 72.5 Å². The van der Waals surface area contributed by atoms with Gasteiger partial charge in [0.25, 0.3) is 5.91 Å². The molecule has 36 heavy (non-hydrogen) atoms. The Hall–Kier alpha value is -3.13. The van der Waals surface area contributed by atoms with Crippen LogP contribution in [0.25, 0.3) is 22.4 Å². The third kappa shape index (κ3) is 4.91. The first-order valence-corrected chi connectivity index (χ1v) is 12.9. The van der Waals surface area contributed by atoms with Crippen molar-refractivity contribution in [3.8, 4) is 22.4 Å². The monoisotopic (exact) mass is 542 g/mol. The summed E-state index contributed by atoms with van der Waals surface area (Å²) in [6.07, 6.45) is 1.03. The predicted octanol–water partition coefficient (Wildman–Crippen LogP) is 8.24. The average molecular weight is 543 g/mol. The molecule has 0 bridgehead atoms. The molecule has 0 aliphatic carbocycles. The first kappa shape index (κ1) is 25.9. The topological polar surface area (TPSA) is 81.4 Å². The van der Waals surface area contributed by atoms with Gasteiger partial charge in [-0.05, 0) is 42.5 Å². The van der Waals surface area contributed by atoms with Gasteiger partial charge in [-0.25, -0.2) is 4.79 Å². The van der Waals surface area contributed by atoms with Crippen LogP contribution >= 0.6 is 34.5 Å². The van der Waals surface area contributed by atoms with Crippen molar-refractivity contribution in [2.75, 3.05) is 12.4 Å². The van der Waals surface area contributed by atoms with Crippen LogP contribution in [0.1, 0.15) is 58.2 Å². The van der Waals surface area contributed by atoms with Crippen molar-refractivity contribution in [3.63, 3.8) is 0 Å². The molecule has 0 unspecified atom stereocenters. The van der Waals surface area contributed by atoms with Gasteiger partial charge in [0.15, 0.2) is 0 Å². The molecule has 0 saturated carbocycles. The summed E-state index contributed by atoms with van der Waals surface area (Å²) in [6.45, 7) is 5.93. The van der Waals surface area contributed by atoms with Crippen molar-refractivity contribution in [2.24, 2.45) is 0 Å². The highest BCUT2D eigenvalue weighted by atomic mass is 35.5. The Balaban J connectivity index is 1.72. The van der Waals surface area contributed by atoms with E-state index in [0.717, 1.165) is 12.0 Å². The summed E-state index contributed by atoms with van der Waals surface area (Å²) >= 11 is 13.9. The second-order valence-corrected chi connectivity index (χ2v) is 9.98. The minimum absolute atomic E-state index is 0.175. The number of amides is 1. The Labute approximate surface area is 223 Å². The third-order valence-electron chi connectivity index (χ3n) is 6.10. The highest BCUT2D eigenvalue weighted by Crippen LogP contribution is 2.39. The molecule has 6 nitrogen and oxygen atoms in total. The lowest BCUT2D eigenvalue weighted by molar-refractivity contribution is 0.0603. The smallest absolute Gasteiger partial charge is 0.341 e. The number of carbonyl (C=O) groups excluding carboxylic acids is 2. The van der Waals surface area contributed by atoms with E-state index in [-0.39, 0.29) is 22.6 Å². The summed E-state index contributed by atoms with van der Waals surface area (Å²) in [6, 6.07) is 13.1. The van der Waals surface area contributed by atoms with Gasteiger partial charge in [0.2, 0.25) is 0 Å². The fourth-order valence-electron chi connectivity index (χ4n) is 3.89. The normalized spacial score (nSPS) is 11.8. The summed E-state index contributed by atoms with van der Waals surface area (Å²) in [5, 5.41) is 9.72. The molecule has 0 saturated heterocycles. The first-order valence-electron chi connectivity index (χ1n) is 11.3. The van der Waals surface area contributed by atoms with Crippen LogP contribution in [0.4, 0.5) is 5.00 Å². The molecule has 0 spiro atoms. The van der Waals surface area contributed by atoms with E-state index < -0.39 is 11.9 Å². The molecule has 0 aliphatic heterocycles. The number of nitrogens with one attached hydrogen (secondary N) is 1. The van der Waals surface area contributed by atoms with E-state index in [1.807, 2.05) is 17.5 Å². The van der Waals surface area contributed by atoms with E-state index in [2.05, 4.69) is 36.5 Å². The lowest BCUT2D eigenvalue weighted by Crippen LogP contribution is -2.15. The predicted molar refractivity (Wildman–Crippen MR) is 144 cm³/mol. The van der Waals surface area contributed by atoms with Gasteiger partial charge in [-0.2, -0.15) is 0 Å². The number of aromatic nitrogens is 1. The summed E-state index contributed by atoms with van der Waals surface area (Å²) in [7, 11) is 1.31. The van der Waals surface area contributed by atoms with Crippen molar-refractivity contribution < 1.29 is 18.8 Å². The van der Waals surface area contributed by atoms with Crippen LogP contribution in [0.5, 0.6) is 0 Å². The van der Waals surface area contributed by atoms with Crippen molar-refractivity contribution in [1.29, 1.82) is 0 Å². The zero-order valence-corrected chi connectivity index (χ0v) is 22.5. The minimum atomic E-state index is -0.552. The molecule has 4 rings (SSSR count). The lowest BCUT2D eigenvalue weighted by Gasteiger charge is -2.11. The highest BCUT2D eigenvalue weighted by Gasteiger charge is 2.28. The molecular formula is C27H24Cl2N2O4S. The van der Waals surface area contributed by atoms with Crippen molar-refractivity contribution in [2.45, 2.75) is 33.1 Å². The molecule has 1 N–H and O–H groups in total. The van der Waals surface area contributed by atoms with Crippen molar-refractivity contribution in [3.05, 3.63) is 80.3 Å². The second-order valence-electron chi connectivity index (χ2n) is 8.29. The first-order chi connectivity index (χ1) is 17.3. The van der Waals surface area contributed by atoms with Gasteiger partial charge in [-0.15, -0.1) is 11.3 Å². The van der Waals surface area contributed by atoms with E-state index in [1.165, 1.54) is 24.0 Å². The number of hydrogen-bond donors (Lipinski definition) is 1. The van der Waals surface area contributed by atoms with Gasteiger partial charge in [0, 0.05) is 16.5 Å². The molecular weight excluding hydrogens is 519 g/mol. The summed E-state index contributed by atoms with van der Waals surface area (Å²) in [5.74, 6) is -0.339. The number of aryl methyl sites for hydroxylation is 1. The highest BCUT2D eigenvalue weighted by molar-refractivity contribution is 7.15. The average Bonchev–Trinajstić information content (AvgIpc) is 3.46. The second kappa shape index (κ2) is 10.9. The van der Waals surface area contributed by atoms with Crippen molar-refractivity contribution in [1.82, 2.24) is 5.16 Å². The van der Waals surface area contributed by atoms with E-state index in [4.69, 9.17) is 32.5 Å². The Morgan fingerprint density at radius 3 is 2.39 bits per heavy atom. The number of ether oxygens (including phenoxy) is 1. The number of carbonyl (C=O) groups is 2. The van der Waals surface area contributed by atoms with Crippen LogP contribution in [0, 0.1) is 6.92 Å². The number of esters is 1. The standard InChI is InChI=1S/C27H24Cl2N2O4S/c1-5-14(2)16-9-11-17(12-10-16)18-13-36-26(22(18)27(33)34-4)30-25(32)21-15(3)35-31-24(21)23-19(28)7-6-8-20(23)29/h6-14H,5H2,1-4H3,(H,30,32)/t14-/m1/s1. The molecule has 186 valence electrons. The van der Waals surface area contributed by atoms with Gasteiger partial charge >= 0.3 is 5.97 Å². The molecule has 1 amide bonds. The molecule has 0 radical (unpaired) electrons. The largest absolute Gasteiger partial charge is 0.465 e. The third-order valence-corrected chi connectivity index (χ3v) is 7.63. The Bertz CT molecular complexity index is 1410. The maximum atomic E-state index is 13.4. The number of thiophene rings is 1. The number of halogens is 2.